The van der Waals surface area contributed by atoms with E-state index in [0.29, 0.717) is 10.5 Å². The van der Waals surface area contributed by atoms with Crippen LogP contribution in [0.3, 0.4) is 0 Å². The van der Waals surface area contributed by atoms with Crippen LogP contribution in [-0.2, 0) is 32.7 Å². The molecule has 1 heterocycles. The summed E-state index contributed by atoms with van der Waals surface area (Å²) in [7, 11) is 0. The molecule has 1 radical (unpaired) electrons. The van der Waals surface area contributed by atoms with Crippen LogP contribution in [0.15, 0.2) is 36.5 Å². The molecule has 1 aromatic carbocycles. The Kier molecular flexibility index (Phi) is 7.13. The zero-order valence-corrected chi connectivity index (χ0v) is 15.4. The van der Waals surface area contributed by atoms with Gasteiger partial charge in [0.05, 0.1) is 0 Å². The molecule has 1 N–H and O–H groups in total. The van der Waals surface area contributed by atoms with Crippen LogP contribution < -0.4 is 10.1 Å². The minimum absolute atomic E-state index is 0. The molecule has 1 aliphatic heterocycles. The van der Waals surface area contributed by atoms with E-state index < -0.39 is 0 Å². The summed E-state index contributed by atoms with van der Waals surface area (Å²) >= 11 is 2.36. The van der Waals surface area contributed by atoms with Crippen LogP contribution in [-0.4, -0.2) is 10.5 Å². The molecule has 95 valence electrons. The van der Waals surface area contributed by atoms with Crippen molar-refractivity contribution in [3.05, 3.63) is 48.2 Å². The molecule has 0 aromatic heterocycles. The molecule has 0 saturated heterocycles. The van der Waals surface area contributed by atoms with Crippen molar-refractivity contribution in [2.75, 3.05) is 6.61 Å². The van der Waals surface area contributed by atoms with Crippen molar-refractivity contribution in [2.45, 2.75) is 10.3 Å². The number of terminal acetylenes is 1. The van der Waals surface area contributed by atoms with Gasteiger partial charge in [0.1, 0.15) is 12.4 Å². The molecular weight excluding hydrogens is 426 g/mol. The molecule has 1 aliphatic rings. The maximum absolute atomic E-state index is 5.33. The molecular formula is C15H13INOY-. The second-order valence-electron chi connectivity index (χ2n) is 3.89. The van der Waals surface area contributed by atoms with Crippen LogP contribution in [0.25, 0.3) is 5.70 Å². The normalized spacial score (nSPS) is 17.6. The Bertz CT molecular complexity index is 516. The van der Waals surface area contributed by atoms with Crippen molar-refractivity contribution < 1.29 is 37.4 Å². The molecule has 1 aromatic rings. The molecule has 0 aliphatic carbocycles. The summed E-state index contributed by atoms with van der Waals surface area (Å²) in [5.74, 6) is 3.22. The smallest absolute Gasteiger partial charge is 0.148 e. The van der Waals surface area contributed by atoms with Gasteiger partial charge in [-0.2, -0.15) is 5.56 Å². The molecule has 0 spiro atoms. The monoisotopic (exact) mass is 439 g/mol. The van der Waals surface area contributed by atoms with Crippen molar-refractivity contribution in [2.24, 2.45) is 0 Å². The second kappa shape index (κ2) is 8.09. The Labute approximate surface area is 153 Å². The van der Waals surface area contributed by atoms with Crippen molar-refractivity contribution in [3.63, 3.8) is 0 Å². The number of hydrogen-bond acceptors (Lipinski definition) is 2. The van der Waals surface area contributed by atoms with Crippen molar-refractivity contribution in [3.8, 4) is 18.1 Å². The van der Waals surface area contributed by atoms with Gasteiger partial charge in [-0.3, -0.25) is 0 Å². The summed E-state index contributed by atoms with van der Waals surface area (Å²) in [5.41, 5.74) is 3.08. The third kappa shape index (κ3) is 4.63. The summed E-state index contributed by atoms with van der Waals surface area (Å²) in [6.45, 7) is 4.29. The number of halogens is 1. The fourth-order valence-corrected chi connectivity index (χ4v) is 1.99. The first-order valence-corrected chi connectivity index (χ1v) is 6.82. The Morgan fingerprint density at radius 2 is 2.16 bits per heavy atom. The largest absolute Gasteiger partial charge is 0.481 e. The summed E-state index contributed by atoms with van der Waals surface area (Å²) in [5, 5.41) is 3.28. The van der Waals surface area contributed by atoms with E-state index >= 15 is 0 Å². The molecule has 0 fully saturated rings. The first-order chi connectivity index (χ1) is 8.70. The van der Waals surface area contributed by atoms with Crippen LogP contribution in [0, 0.1) is 18.4 Å². The predicted octanol–water partition coefficient (Wildman–Crippen LogP) is 3.15. The molecule has 0 bridgehead atoms. The number of allylic oxidation sites excluding steroid dienone is 2. The van der Waals surface area contributed by atoms with Crippen molar-refractivity contribution in [1.82, 2.24) is 5.32 Å². The Morgan fingerprint density at radius 3 is 2.74 bits per heavy atom. The van der Waals surface area contributed by atoms with Crippen LogP contribution in [0.2, 0.25) is 0 Å². The summed E-state index contributed by atoms with van der Waals surface area (Å²) in [6.07, 6.45) is 9.37. The third-order valence-electron chi connectivity index (χ3n) is 2.59. The van der Waals surface area contributed by atoms with Gasteiger partial charge in [-0.25, -0.2) is 6.08 Å². The number of nitrogens with one attached hydrogen (secondary N) is 1. The summed E-state index contributed by atoms with van der Waals surface area (Å²) in [4.78, 5) is 0. The first-order valence-electron chi connectivity index (χ1n) is 5.58. The van der Waals surface area contributed by atoms with E-state index in [1.807, 2.05) is 24.3 Å². The van der Waals surface area contributed by atoms with Gasteiger partial charge < -0.3 is 10.1 Å². The van der Waals surface area contributed by atoms with Gasteiger partial charge in [0.2, 0.25) is 0 Å². The van der Waals surface area contributed by atoms with Gasteiger partial charge in [0.25, 0.3) is 0 Å². The fraction of sp³-hybridized carbons (Fsp3) is 0.200. The molecule has 0 amide bonds. The summed E-state index contributed by atoms with van der Waals surface area (Å²) in [6, 6.07) is 7.79. The second-order valence-corrected chi connectivity index (χ2v) is 5.39. The maximum Gasteiger partial charge on any atom is 0.148 e. The Morgan fingerprint density at radius 1 is 1.47 bits per heavy atom. The van der Waals surface area contributed by atoms with Gasteiger partial charge in [0, 0.05) is 42.3 Å². The minimum atomic E-state index is 0. The van der Waals surface area contributed by atoms with E-state index in [9.17, 15) is 0 Å². The SMILES string of the molecule is C#CCOc1ccc(C2=[C-]CC(I)C(=C)N2)cc1.[Y]. The third-order valence-corrected chi connectivity index (χ3v) is 3.78. The predicted molar refractivity (Wildman–Crippen MR) is 82.1 cm³/mol. The van der Waals surface area contributed by atoms with Gasteiger partial charge in [0.15, 0.2) is 0 Å². The zero-order valence-electron chi connectivity index (χ0n) is 10.4. The number of benzene rings is 1. The van der Waals surface area contributed by atoms with Crippen LogP contribution in [0.5, 0.6) is 5.75 Å². The molecule has 19 heavy (non-hydrogen) atoms. The molecule has 4 heteroatoms. The van der Waals surface area contributed by atoms with Crippen LogP contribution in [0.1, 0.15) is 12.0 Å². The standard InChI is InChI=1S/C15H13INO.Y/c1-3-10-18-13-6-4-12(5-7-13)15-9-8-14(16)11(2)17-15;/h1,4-7,14,17H,2,8,10H2;/q-1;. The Hall–Kier alpha value is -0.306. The van der Waals surface area contributed by atoms with Gasteiger partial charge in [-0.15, -0.1) is 24.3 Å². The van der Waals surface area contributed by atoms with E-state index in [2.05, 4.69) is 46.5 Å². The zero-order chi connectivity index (χ0) is 13.0. The van der Waals surface area contributed by atoms with E-state index in [1.165, 1.54) is 0 Å². The van der Waals surface area contributed by atoms with Gasteiger partial charge in [-0.05, 0) is 12.1 Å². The van der Waals surface area contributed by atoms with E-state index in [4.69, 9.17) is 11.2 Å². The van der Waals surface area contributed by atoms with Gasteiger partial charge in [-0.1, -0.05) is 41.5 Å². The van der Waals surface area contributed by atoms with E-state index in [0.717, 1.165) is 29.1 Å². The quantitative estimate of drug-likeness (QED) is 0.339. The summed E-state index contributed by atoms with van der Waals surface area (Å²) < 4.78 is 5.74. The molecule has 0 saturated carbocycles. The number of ether oxygens (including phenoxy) is 1. The van der Waals surface area contributed by atoms with E-state index in [1.54, 1.807) is 0 Å². The Balaban J connectivity index is 0.00000180. The minimum Gasteiger partial charge on any atom is -0.481 e. The van der Waals surface area contributed by atoms with Crippen molar-refractivity contribution in [1.29, 1.82) is 0 Å². The fourth-order valence-electron chi connectivity index (χ4n) is 1.61. The topological polar surface area (TPSA) is 21.3 Å². The molecule has 2 nitrogen and oxygen atoms in total. The average Bonchev–Trinajstić information content (AvgIpc) is 2.40. The van der Waals surface area contributed by atoms with Crippen molar-refractivity contribution >= 4 is 28.3 Å². The first kappa shape index (κ1) is 16.7. The van der Waals surface area contributed by atoms with Crippen LogP contribution >= 0.6 is 22.6 Å². The maximum atomic E-state index is 5.33. The van der Waals surface area contributed by atoms with Crippen LogP contribution in [0.4, 0.5) is 0 Å². The number of hydrogen-bond donors (Lipinski definition) is 1. The number of rotatable bonds is 3. The van der Waals surface area contributed by atoms with E-state index in [-0.39, 0.29) is 32.7 Å². The molecule has 2 rings (SSSR count). The van der Waals surface area contributed by atoms with Gasteiger partial charge >= 0.3 is 0 Å². The molecule has 1 atom stereocenters. The number of alkyl halides is 1. The average molecular weight is 439 g/mol. The molecule has 1 unspecified atom stereocenters.